The molecule has 0 N–H and O–H groups in total. The van der Waals surface area contributed by atoms with E-state index in [1.165, 1.54) is 16.7 Å². The van der Waals surface area contributed by atoms with Gasteiger partial charge in [0, 0.05) is 5.92 Å². The van der Waals surface area contributed by atoms with Gasteiger partial charge in [-0.05, 0) is 71.1 Å². The van der Waals surface area contributed by atoms with Gasteiger partial charge in [0.05, 0.1) is 26.6 Å². The lowest BCUT2D eigenvalue weighted by molar-refractivity contribution is 0.304. The van der Waals surface area contributed by atoms with Crippen LogP contribution < -0.4 is 10.3 Å². The molecule has 4 aromatic rings. The van der Waals surface area contributed by atoms with E-state index in [2.05, 4.69) is 40.1 Å². The summed E-state index contributed by atoms with van der Waals surface area (Å²) in [6.45, 7) is 2.47. The van der Waals surface area contributed by atoms with Gasteiger partial charge in [0.1, 0.15) is 12.4 Å². The molecule has 0 unspecified atom stereocenters. The molecular formula is C29H27BrClN3O2. The zero-order valence-electron chi connectivity index (χ0n) is 20.1. The van der Waals surface area contributed by atoms with E-state index in [9.17, 15) is 4.79 Å². The number of nitrogens with zero attached hydrogens (tertiary/aromatic N) is 3. The molecule has 0 atom stereocenters. The van der Waals surface area contributed by atoms with Gasteiger partial charge in [-0.2, -0.15) is 9.78 Å². The van der Waals surface area contributed by atoms with Crippen molar-refractivity contribution in [3.63, 3.8) is 0 Å². The third kappa shape index (κ3) is 5.40. The van der Waals surface area contributed by atoms with Crippen LogP contribution in [-0.4, -0.2) is 15.9 Å². The van der Waals surface area contributed by atoms with Gasteiger partial charge in [-0.25, -0.2) is 4.98 Å². The molecular weight excluding hydrogens is 538 g/mol. The monoisotopic (exact) mass is 563 g/mol. The first kappa shape index (κ1) is 24.7. The highest BCUT2D eigenvalue weighted by molar-refractivity contribution is 9.10. The molecule has 0 radical (unpaired) electrons. The Bertz CT molecular complexity index is 1470. The molecule has 0 amide bonds. The highest BCUT2D eigenvalue weighted by atomic mass is 79.9. The molecule has 1 aromatic heterocycles. The van der Waals surface area contributed by atoms with Crippen LogP contribution in [0.3, 0.4) is 0 Å². The van der Waals surface area contributed by atoms with Crippen LogP contribution in [0.2, 0.25) is 5.02 Å². The van der Waals surface area contributed by atoms with Gasteiger partial charge in [0.2, 0.25) is 0 Å². The summed E-state index contributed by atoms with van der Waals surface area (Å²) in [5.74, 6) is 1.53. The molecule has 1 aliphatic rings. The zero-order valence-corrected chi connectivity index (χ0v) is 22.4. The van der Waals surface area contributed by atoms with Crippen LogP contribution in [0.5, 0.6) is 5.75 Å². The minimum atomic E-state index is -0.152. The Morgan fingerprint density at radius 1 is 1.11 bits per heavy atom. The number of rotatable bonds is 6. The van der Waals surface area contributed by atoms with Crippen molar-refractivity contribution in [2.45, 2.75) is 51.6 Å². The lowest BCUT2D eigenvalue weighted by Crippen LogP contribution is -2.25. The molecule has 1 heterocycles. The lowest BCUT2D eigenvalue weighted by Gasteiger charge is -2.22. The first-order valence-electron chi connectivity index (χ1n) is 12.2. The molecule has 0 aliphatic heterocycles. The normalized spacial score (nSPS) is 14.5. The van der Waals surface area contributed by atoms with Crippen molar-refractivity contribution in [3.8, 4) is 5.75 Å². The maximum atomic E-state index is 13.4. The molecule has 1 fully saturated rings. The smallest absolute Gasteiger partial charge is 0.282 e. The molecule has 0 bridgehead atoms. The van der Waals surface area contributed by atoms with E-state index < -0.39 is 0 Å². The summed E-state index contributed by atoms with van der Waals surface area (Å²) in [4.78, 5) is 18.3. The Labute approximate surface area is 223 Å². The molecule has 3 aromatic carbocycles. The van der Waals surface area contributed by atoms with Crippen LogP contribution >= 0.6 is 27.5 Å². The van der Waals surface area contributed by atoms with Crippen molar-refractivity contribution in [2.24, 2.45) is 5.10 Å². The van der Waals surface area contributed by atoms with Crippen LogP contribution in [0.15, 0.2) is 75.0 Å². The number of halogens is 2. The van der Waals surface area contributed by atoms with Gasteiger partial charge in [0.25, 0.3) is 5.56 Å². The third-order valence-electron chi connectivity index (χ3n) is 6.56. The van der Waals surface area contributed by atoms with Crippen molar-refractivity contribution < 1.29 is 4.74 Å². The maximum absolute atomic E-state index is 13.4. The molecule has 7 heteroatoms. The van der Waals surface area contributed by atoms with E-state index in [4.69, 9.17) is 21.3 Å². The van der Waals surface area contributed by atoms with Gasteiger partial charge < -0.3 is 4.74 Å². The summed E-state index contributed by atoms with van der Waals surface area (Å²) in [5.41, 5.74) is 3.57. The van der Waals surface area contributed by atoms with Crippen molar-refractivity contribution in [3.05, 3.63) is 103 Å². The fraction of sp³-hybridized carbons (Fsp3) is 0.276. The molecule has 184 valence electrons. The average molecular weight is 565 g/mol. The Morgan fingerprint density at radius 3 is 2.69 bits per heavy atom. The fourth-order valence-electron chi connectivity index (χ4n) is 4.75. The second-order valence-corrected chi connectivity index (χ2v) is 10.5. The van der Waals surface area contributed by atoms with Gasteiger partial charge in [-0.3, -0.25) is 4.79 Å². The Kier molecular flexibility index (Phi) is 7.54. The highest BCUT2D eigenvalue weighted by Crippen LogP contribution is 2.35. The minimum absolute atomic E-state index is 0.152. The number of para-hydroxylation sites is 1. The topological polar surface area (TPSA) is 56.5 Å². The number of ether oxygens (including phenoxy) is 1. The van der Waals surface area contributed by atoms with E-state index in [-0.39, 0.29) is 11.5 Å². The Morgan fingerprint density at radius 2 is 1.92 bits per heavy atom. The van der Waals surface area contributed by atoms with Crippen molar-refractivity contribution in [2.75, 3.05) is 0 Å². The molecule has 0 saturated heterocycles. The van der Waals surface area contributed by atoms with Crippen LogP contribution in [0.1, 0.15) is 60.5 Å². The van der Waals surface area contributed by atoms with Crippen LogP contribution in [0, 0.1) is 6.92 Å². The van der Waals surface area contributed by atoms with E-state index in [0.717, 1.165) is 52.6 Å². The van der Waals surface area contributed by atoms with E-state index in [0.29, 0.717) is 22.8 Å². The fourth-order valence-corrected chi connectivity index (χ4v) is 5.74. The molecule has 1 aliphatic carbocycles. The molecule has 5 rings (SSSR count). The summed E-state index contributed by atoms with van der Waals surface area (Å²) in [7, 11) is 0. The number of hydrogen-bond acceptors (Lipinski definition) is 4. The number of hydrogen-bond donors (Lipinski definition) is 0. The summed E-state index contributed by atoms with van der Waals surface area (Å²) >= 11 is 10.2. The van der Waals surface area contributed by atoms with E-state index in [1.54, 1.807) is 18.3 Å². The number of fused-ring (bicyclic) bond motifs is 1. The van der Waals surface area contributed by atoms with Crippen LogP contribution in [0.25, 0.3) is 10.9 Å². The molecule has 1 saturated carbocycles. The molecule has 36 heavy (non-hydrogen) atoms. The predicted molar refractivity (Wildman–Crippen MR) is 149 cm³/mol. The number of aromatic nitrogens is 2. The van der Waals surface area contributed by atoms with Gasteiger partial charge in [-0.15, -0.1) is 0 Å². The van der Waals surface area contributed by atoms with Crippen molar-refractivity contribution in [1.29, 1.82) is 0 Å². The summed E-state index contributed by atoms with van der Waals surface area (Å²) < 4.78 is 8.20. The Balaban J connectivity index is 1.46. The van der Waals surface area contributed by atoms with Crippen LogP contribution in [-0.2, 0) is 6.61 Å². The predicted octanol–water partition coefficient (Wildman–Crippen LogP) is 7.63. The van der Waals surface area contributed by atoms with Gasteiger partial charge >= 0.3 is 0 Å². The highest BCUT2D eigenvalue weighted by Gasteiger charge is 2.22. The SMILES string of the molecule is Cc1cccc(COc2c(Cl)cc(C=Nn3c(C4CCCCC4)nc4ccccc4c3=O)cc2Br)c1. The summed E-state index contributed by atoms with van der Waals surface area (Å²) in [6.07, 6.45) is 7.20. The van der Waals surface area contributed by atoms with Crippen molar-refractivity contribution in [1.82, 2.24) is 9.66 Å². The zero-order chi connectivity index (χ0) is 25.1. The quantitative estimate of drug-likeness (QED) is 0.226. The summed E-state index contributed by atoms with van der Waals surface area (Å²) in [5, 5.41) is 5.64. The van der Waals surface area contributed by atoms with E-state index in [1.807, 2.05) is 36.4 Å². The average Bonchev–Trinajstić information content (AvgIpc) is 2.88. The van der Waals surface area contributed by atoms with Crippen LogP contribution in [0.4, 0.5) is 0 Å². The van der Waals surface area contributed by atoms with Gasteiger partial charge in [-0.1, -0.05) is 72.8 Å². The van der Waals surface area contributed by atoms with Crippen molar-refractivity contribution >= 4 is 44.6 Å². The number of benzene rings is 3. The second kappa shape index (κ2) is 11.0. The number of aryl methyl sites for hydroxylation is 1. The first-order valence-corrected chi connectivity index (χ1v) is 13.4. The maximum Gasteiger partial charge on any atom is 0.282 e. The Hall–Kier alpha value is -2.96. The standard InChI is InChI=1S/C29H27BrClN3O2/c1-19-8-7-9-20(14-19)18-36-27-24(30)15-21(16-25(27)31)17-32-34-28(22-10-3-2-4-11-22)33-26-13-6-5-12-23(26)29(34)35/h5-9,12-17,22H,2-4,10-11,18H2,1H3. The second-order valence-electron chi connectivity index (χ2n) is 9.28. The largest absolute Gasteiger partial charge is 0.486 e. The summed E-state index contributed by atoms with van der Waals surface area (Å²) in [6, 6.07) is 19.3. The minimum Gasteiger partial charge on any atom is -0.486 e. The molecule has 0 spiro atoms. The third-order valence-corrected chi connectivity index (χ3v) is 7.43. The first-order chi connectivity index (χ1) is 17.5. The van der Waals surface area contributed by atoms with E-state index >= 15 is 0 Å². The van der Waals surface area contributed by atoms with Gasteiger partial charge in [0.15, 0.2) is 5.75 Å². The molecule has 5 nitrogen and oxygen atoms in total. The lowest BCUT2D eigenvalue weighted by atomic mass is 9.88.